The molecular weight excluding hydrogens is 566 g/mol. The van der Waals surface area contributed by atoms with Crippen molar-refractivity contribution in [1.29, 1.82) is 0 Å². The van der Waals surface area contributed by atoms with Crippen LogP contribution in [0.3, 0.4) is 0 Å². The fourth-order valence-electron chi connectivity index (χ4n) is 4.97. The van der Waals surface area contributed by atoms with Crippen LogP contribution in [0.1, 0.15) is 33.2 Å². The monoisotopic (exact) mass is 593 g/mol. The summed E-state index contributed by atoms with van der Waals surface area (Å²) in [5.41, 5.74) is 0.973. The molecule has 2 aromatic heterocycles. The molecule has 0 spiro atoms. The SMILES string of the molecule is CN1CCc2nc(C(=O)N3CCN(S(=O)(=O)c4cc5ccc(Cl)cc5s4)CC3CNC(=O)C3CC3)sc2C1. The number of thiazole rings is 1. The maximum atomic E-state index is 13.7. The third kappa shape index (κ3) is 5.09. The number of nitrogens with zero attached hydrogens (tertiary/aromatic N) is 4. The quantitative estimate of drug-likeness (QED) is 0.471. The Morgan fingerprint density at radius 2 is 1.97 bits per heavy atom. The summed E-state index contributed by atoms with van der Waals surface area (Å²) in [6, 6.07) is 6.49. The fraction of sp³-hybridized carbons (Fsp3) is 0.480. The molecular formula is C25H28ClN5O4S3. The van der Waals surface area contributed by atoms with Gasteiger partial charge in [0.05, 0.1) is 11.7 Å². The molecule has 13 heteroatoms. The number of likely N-dealkylation sites (N-methyl/N-ethyl adjacent to an activating group) is 1. The minimum absolute atomic E-state index is 0.0237. The minimum Gasteiger partial charge on any atom is -0.354 e. The Morgan fingerprint density at radius 1 is 1.16 bits per heavy atom. The van der Waals surface area contributed by atoms with Crippen molar-refractivity contribution in [1.82, 2.24) is 24.4 Å². The predicted octanol–water partition coefficient (Wildman–Crippen LogP) is 3.04. The molecule has 9 nitrogen and oxygen atoms in total. The Hall–Kier alpha value is -2.09. The summed E-state index contributed by atoms with van der Waals surface area (Å²) in [7, 11) is -1.75. The number of carbonyl (C=O) groups is 2. The number of aromatic nitrogens is 1. The third-order valence-corrected chi connectivity index (χ3v) is 12.0. The van der Waals surface area contributed by atoms with Crippen molar-refractivity contribution in [2.45, 2.75) is 36.1 Å². The van der Waals surface area contributed by atoms with Gasteiger partial charge in [0.1, 0.15) is 4.21 Å². The highest BCUT2D eigenvalue weighted by Crippen LogP contribution is 2.34. The summed E-state index contributed by atoms with van der Waals surface area (Å²) in [5, 5.41) is 4.76. The number of fused-ring (bicyclic) bond motifs is 2. The van der Waals surface area contributed by atoms with Gasteiger partial charge in [0, 0.05) is 66.2 Å². The molecule has 38 heavy (non-hydrogen) atoms. The Balaban J connectivity index is 1.24. The topological polar surface area (TPSA) is 103 Å². The average Bonchev–Trinajstić information content (AvgIpc) is 3.53. The van der Waals surface area contributed by atoms with Gasteiger partial charge in [-0.1, -0.05) is 17.7 Å². The zero-order chi connectivity index (χ0) is 26.6. The lowest BCUT2D eigenvalue weighted by molar-refractivity contribution is -0.122. The van der Waals surface area contributed by atoms with E-state index < -0.39 is 16.1 Å². The van der Waals surface area contributed by atoms with Crippen LogP contribution in [0.25, 0.3) is 10.1 Å². The summed E-state index contributed by atoms with van der Waals surface area (Å²) in [4.78, 5) is 35.7. The van der Waals surface area contributed by atoms with Crippen molar-refractivity contribution in [2.75, 3.05) is 39.8 Å². The minimum atomic E-state index is -3.79. The number of amides is 2. The van der Waals surface area contributed by atoms with E-state index in [9.17, 15) is 18.0 Å². The molecule has 2 aliphatic heterocycles. The van der Waals surface area contributed by atoms with E-state index in [0.717, 1.165) is 53.0 Å². The van der Waals surface area contributed by atoms with Crippen LogP contribution in [0.15, 0.2) is 28.5 Å². The van der Waals surface area contributed by atoms with E-state index in [1.54, 1.807) is 23.1 Å². The van der Waals surface area contributed by atoms with Crippen molar-refractivity contribution in [3.05, 3.63) is 44.9 Å². The molecule has 0 radical (unpaired) electrons. The lowest BCUT2D eigenvalue weighted by atomic mass is 10.1. The van der Waals surface area contributed by atoms with Crippen molar-refractivity contribution in [2.24, 2.45) is 5.92 Å². The van der Waals surface area contributed by atoms with E-state index in [2.05, 4.69) is 15.2 Å². The van der Waals surface area contributed by atoms with E-state index in [0.29, 0.717) is 10.0 Å². The molecule has 0 bridgehead atoms. The fourth-order valence-corrected chi connectivity index (χ4v) is 9.41. The highest BCUT2D eigenvalue weighted by molar-refractivity contribution is 7.91. The van der Waals surface area contributed by atoms with Gasteiger partial charge in [-0.3, -0.25) is 9.59 Å². The van der Waals surface area contributed by atoms with E-state index in [4.69, 9.17) is 11.6 Å². The Morgan fingerprint density at radius 3 is 2.76 bits per heavy atom. The second-order valence-electron chi connectivity index (χ2n) is 10.2. The molecule has 202 valence electrons. The first-order valence-electron chi connectivity index (χ1n) is 12.6. The van der Waals surface area contributed by atoms with Gasteiger partial charge in [-0.2, -0.15) is 4.31 Å². The van der Waals surface area contributed by atoms with Crippen LogP contribution in [-0.4, -0.2) is 85.1 Å². The zero-order valence-corrected chi connectivity index (χ0v) is 24.1. The van der Waals surface area contributed by atoms with Gasteiger partial charge in [0.2, 0.25) is 5.91 Å². The molecule has 1 saturated heterocycles. The first-order valence-corrected chi connectivity index (χ1v) is 16.1. The summed E-state index contributed by atoms with van der Waals surface area (Å²) in [6.45, 7) is 2.37. The molecule has 2 amide bonds. The summed E-state index contributed by atoms with van der Waals surface area (Å²) >= 11 is 8.70. The number of rotatable bonds is 6. The van der Waals surface area contributed by atoms with E-state index in [1.165, 1.54) is 27.0 Å². The van der Waals surface area contributed by atoms with E-state index >= 15 is 0 Å². The van der Waals surface area contributed by atoms with Crippen molar-refractivity contribution in [3.8, 4) is 0 Å². The van der Waals surface area contributed by atoms with Gasteiger partial charge in [-0.25, -0.2) is 13.4 Å². The maximum absolute atomic E-state index is 13.7. The predicted molar refractivity (Wildman–Crippen MR) is 148 cm³/mol. The zero-order valence-electron chi connectivity index (χ0n) is 20.9. The number of carbonyl (C=O) groups excluding carboxylic acids is 2. The largest absolute Gasteiger partial charge is 0.354 e. The second-order valence-corrected chi connectivity index (χ2v) is 14.9. The molecule has 1 unspecified atom stereocenters. The van der Waals surface area contributed by atoms with Crippen LogP contribution in [0.5, 0.6) is 0 Å². The molecule has 3 aromatic rings. The molecule has 6 rings (SSSR count). The second kappa shape index (κ2) is 10.1. The Bertz CT molecular complexity index is 1520. The maximum Gasteiger partial charge on any atom is 0.283 e. The van der Waals surface area contributed by atoms with Crippen molar-refractivity contribution < 1.29 is 18.0 Å². The van der Waals surface area contributed by atoms with Crippen LogP contribution in [0, 0.1) is 5.92 Å². The molecule has 1 aromatic carbocycles. The smallest absolute Gasteiger partial charge is 0.283 e. The Labute approximate surface area is 234 Å². The van der Waals surface area contributed by atoms with Crippen LogP contribution in [0.2, 0.25) is 5.02 Å². The van der Waals surface area contributed by atoms with Crippen molar-refractivity contribution in [3.63, 3.8) is 0 Å². The molecule has 3 aliphatic rings. The average molecular weight is 594 g/mol. The van der Waals surface area contributed by atoms with Crippen LogP contribution in [0.4, 0.5) is 0 Å². The van der Waals surface area contributed by atoms with Gasteiger partial charge < -0.3 is 15.1 Å². The summed E-state index contributed by atoms with van der Waals surface area (Å²) in [5.74, 6) is -0.214. The van der Waals surface area contributed by atoms with E-state index in [-0.39, 0.29) is 48.1 Å². The van der Waals surface area contributed by atoms with Crippen molar-refractivity contribution >= 4 is 66.2 Å². The number of benzene rings is 1. The number of hydrogen-bond donors (Lipinski definition) is 1. The highest BCUT2D eigenvalue weighted by atomic mass is 35.5. The first-order chi connectivity index (χ1) is 18.2. The number of sulfonamides is 1. The van der Waals surface area contributed by atoms with Gasteiger partial charge in [-0.05, 0) is 43.5 Å². The number of piperazine rings is 1. The standard InChI is InChI=1S/C25H28ClN5O4S3/c1-29-7-6-19-21(14-29)37-24(28-19)25(33)31-9-8-30(13-18(31)12-27-23(32)15-2-3-15)38(34,35)22-10-16-4-5-17(26)11-20(16)36-22/h4-5,10-11,15,18H,2-3,6-9,12-14H2,1H3,(H,27,32). The normalized spacial score (nSPS) is 21.0. The van der Waals surface area contributed by atoms with E-state index in [1.807, 2.05) is 13.1 Å². The number of halogens is 1. The van der Waals surface area contributed by atoms with Crippen LogP contribution in [-0.2, 0) is 27.8 Å². The van der Waals surface area contributed by atoms with Gasteiger partial charge >= 0.3 is 0 Å². The molecule has 1 atom stereocenters. The van der Waals surface area contributed by atoms with Crippen LogP contribution >= 0.6 is 34.3 Å². The highest BCUT2D eigenvalue weighted by Gasteiger charge is 2.39. The number of nitrogens with one attached hydrogen (secondary N) is 1. The van der Waals surface area contributed by atoms with Gasteiger partial charge in [0.25, 0.3) is 15.9 Å². The number of thiophene rings is 1. The molecule has 1 aliphatic carbocycles. The molecule has 1 saturated carbocycles. The lowest BCUT2D eigenvalue weighted by Gasteiger charge is -2.40. The Kier molecular flexibility index (Phi) is 6.98. The lowest BCUT2D eigenvalue weighted by Crippen LogP contribution is -2.59. The summed E-state index contributed by atoms with van der Waals surface area (Å²) in [6.07, 6.45) is 2.55. The molecule has 4 heterocycles. The molecule has 2 fully saturated rings. The number of hydrogen-bond acceptors (Lipinski definition) is 8. The third-order valence-electron chi connectivity index (χ3n) is 7.33. The van der Waals surface area contributed by atoms with Gasteiger partial charge in [-0.15, -0.1) is 22.7 Å². The first kappa shape index (κ1) is 26.1. The van der Waals surface area contributed by atoms with Gasteiger partial charge in [0.15, 0.2) is 5.01 Å². The van der Waals surface area contributed by atoms with Crippen LogP contribution < -0.4 is 5.32 Å². The molecule has 1 N–H and O–H groups in total. The summed E-state index contributed by atoms with van der Waals surface area (Å²) < 4.78 is 29.8.